The highest BCUT2D eigenvalue weighted by Gasteiger charge is 2.49. The molecule has 2 saturated carbocycles. The van der Waals surface area contributed by atoms with Gasteiger partial charge in [-0.1, -0.05) is 27.2 Å². The minimum Gasteiger partial charge on any atom is -0.300 e. The minimum absolute atomic E-state index is 0.357. The fraction of sp³-hybridized carbons (Fsp3) is 0.933. The second-order valence-corrected chi connectivity index (χ2v) is 7.14. The summed E-state index contributed by atoms with van der Waals surface area (Å²) in [4.78, 5) is 11.6. The van der Waals surface area contributed by atoms with E-state index in [0.717, 1.165) is 18.8 Å². The van der Waals surface area contributed by atoms with Gasteiger partial charge < -0.3 is 0 Å². The highest BCUT2D eigenvalue weighted by atomic mass is 16.1. The first-order valence-electron chi connectivity index (χ1n) is 6.86. The highest BCUT2D eigenvalue weighted by Crippen LogP contribution is 2.58. The largest absolute Gasteiger partial charge is 0.300 e. The zero-order valence-electron chi connectivity index (χ0n) is 11.3. The molecule has 0 bridgehead atoms. The smallest absolute Gasteiger partial charge is 0.132 e. The van der Waals surface area contributed by atoms with Gasteiger partial charge in [0.15, 0.2) is 0 Å². The first kappa shape index (κ1) is 12.1. The molecule has 0 amide bonds. The van der Waals surface area contributed by atoms with Crippen LogP contribution in [-0.2, 0) is 4.79 Å². The molecule has 3 atom stereocenters. The number of carbonyl (C=O) groups excluding carboxylic acids is 1. The van der Waals surface area contributed by atoms with Gasteiger partial charge in [0, 0.05) is 5.92 Å². The van der Waals surface area contributed by atoms with Gasteiger partial charge in [-0.25, -0.2) is 0 Å². The van der Waals surface area contributed by atoms with Crippen molar-refractivity contribution < 1.29 is 4.79 Å². The molecule has 92 valence electrons. The summed E-state index contributed by atoms with van der Waals surface area (Å²) >= 11 is 0. The molecule has 0 spiro atoms. The third-order valence-electron chi connectivity index (χ3n) is 5.45. The normalized spacial score (nSPS) is 42.5. The molecule has 0 saturated heterocycles. The van der Waals surface area contributed by atoms with Crippen LogP contribution in [0.15, 0.2) is 0 Å². The fourth-order valence-corrected chi connectivity index (χ4v) is 4.60. The van der Waals surface area contributed by atoms with Gasteiger partial charge in [0.05, 0.1) is 0 Å². The van der Waals surface area contributed by atoms with E-state index in [0.29, 0.717) is 22.5 Å². The summed E-state index contributed by atoms with van der Waals surface area (Å²) in [5, 5.41) is 0. The van der Waals surface area contributed by atoms with Gasteiger partial charge in [-0.2, -0.15) is 0 Å². The van der Waals surface area contributed by atoms with Gasteiger partial charge in [-0.05, 0) is 55.8 Å². The molecule has 2 rings (SSSR count). The average molecular weight is 222 g/mol. The van der Waals surface area contributed by atoms with E-state index in [1.54, 1.807) is 6.92 Å². The van der Waals surface area contributed by atoms with Crippen LogP contribution < -0.4 is 0 Å². The van der Waals surface area contributed by atoms with Gasteiger partial charge >= 0.3 is 0 Å². The Kier molecular flexibility index (Phi) is 2.92. The summed E-state index contributed by atoms with van der Waals surface area (Å²) in [5.41, 5.74) is 0.936. The van der Waals surface area contributed by atoms with E-state index in [4.69, 9.17) is 0 Å². The summed E-state index contributed by atoms with van der Waals surface area (Å²) in [5.74, 6) is 1.61. The lowest BCUT2D eigenvalue weighted by atomic mass is 9.50. The Morgan fingerprint density at radius 3 is 2.44 bits per heavy atom. The number of hydrogen-bond acceptors (Lipinski definition) is 1. The van der Waals surface area contributed by atoms with Crippen LogP contribution in [0.4, 0.5) is 0 Å². The van der Waals surface area contributed by atoms with Crippen molar-refractivity contribution in [3.63, 3.8) is 0 Å². The topological polar surface area (TPSA) is 17.1 Å². The summed E-state index contributed by atoms with van der Waals surface area (Å²) in [7, 11) is 0. The molecule has 2 aliphatic carbocycles. The Morgan fingerprint density at radius 2 is 1.81 bits per heavy atom. The molecular formula is C15H26O. The number of carbonyl (C=O) groups is 1. The Hall–Kier alpha value is -0.330. The molecular weight excluding hydrogens is 196 g/mol. The quantitative estimate of drug-likeness (QED) is 0.649. The van der Waals surface area contributed by atoms with Crippen molar-refractivity contribution in [1.82, 2.24) is 0 Å². The third-order valence-corrected chi connectivity index (χ3v) is 5.45. The lowest BCUT2D eigenvalue weighted by Crippen LogP contribution is -2.46. The first-order chi connectivity index (χ1) is 7.35. The first-order valence-corrected chi connectivity index (χ1v) is 6.86. The van der Waals surface area contributed by atoms with Crippen LogP contribution in [0.25, 0.3) is 0 Å². The van der Waals surface area contributed by atoms with Gasteiger partial charge in [-0.15, -0.1) is 0 Å². The van der Waals surface area contributed by atoms with E-state index in [1.165, 1.54) is 25.7 Å². The molecule has 2 fully saturated rings. The predicted octanol–water partition coefficient (Wildman–Crippen LogP) is 4.21. The van der Waals surface area contributed by atoms with Gasteiger partial charge in [-0.3, -0.25) is 4.79 Å². The molecule has 16 heavy (non-hydrogen) atoms. The van der Waals surface area contributed by atoms with E-state index >= 15 is 0 Å². The number of ketones is 1. The van der Waals surface area contributed by atoms with E-state index in [1.807, 2.05) is 0 Å². The van der Waals surface area contributed by atoms with Crippen molar-refractivity contribution in [3.8, 4) is 0 Å². The number of fused-ring (bicyclic) bond motifs is 1. The van der Waals surface area contributed by atoms with Crippen molar-refractivity contribution >= 4 is 5.78 Å². The van der Waals surface area contributed by atoms with E-state index in [2.05, 4.69) is 20.8 Å². The van der Waals surface area contributed by atoms with Crippen LogP contribution in [0, 0.1) is 22.7 Å². The maximum absolute atomic E-state index is 11.6. The van der Waals surface area contributed by atoms with Crippen LogP contribution >= 0.6 is 0 Å². The van der Waals surface area contributed by atoms with Crippen LogP contribution in [0.2, 0.25) is 0 Å². The molecule has 0 aliphatic heterocycles. The molecule has 0 aromatic carbocycles. The Labute approximate surface area is 100.0 Å². The third kappa shape index (κ3) is 1.94. The van der Waals surface area contributed by atoms with Crippen molar-refractivity contribution in [2.45, 2.75) is 66.2 Å². The predicted molar refractivity (Wildman–Crippen MR) is 67.3 cm³/mol. The lowest BCUT2D eigenvalue weighted by molar-refractivity contribution is -0.127. The van der Waals surface area contributed by atoms with Crippen LogP contribution in [0.3, 0.4) is 0 Å². The van der Waals surface area contributed by atoms with Crippen molar-refractivity contribution in [3.05, 3.63) is 0 Å². The lowest BCUT2D eigenvalue weighted by Gasteiger charge is -2.55. The van der Waals surface area contributed by atoms with Crippen molar-refractivity contribution in [2.75, 3.05) is 0 Å². The van der Waals surface area contributed by atoms with Crippen molar-refractivity contribution in [1.29, 1.82) is 0 Å². The second-order valence-electron chi connectivity index (χ2n) is 7.14. The van der Waals surface area contributed by atoms with Gasteiger partial charge in [0.2, 0.25) is 0 Å². The number of hydrogen-bond donors (Lipinski definition) is 0. The molecule has 0 heterocycles. The van der Waals surface area contributed by atoms with Crippen molar-refractivity contribution in [2.24, 2.45) is 22.7 Å². The van der Waals surface area contributed by atoms with E-state index in [9.17, 15) is 4.79 Å². The molecule has 1 nitrogen and oxygen atoms in total. The Bertz CT molecular complexity index is 292. The molecule has 0 aromatic rings. The average Bonchev–Trinajstić information content (AvgIpc) is 2.15. The number of Topliss-reactive ketones (excluding diaryl/α,β-unsaturated/α-hetero) is 1. The molecule has 0 N–H and O–H groups in total. The fourth-order valence-electron chi connectivity index (χ4n) is 4.60. The van der Waals surface area contributed by atoms with Crippen LogP contribution in [0.1, 0.15) is 66.2 Å². The van der Waals surface area contributed by atoms with Crippen LogP contribution in [0.5, 0.6) is 0 Å². The second kappa shape index (κ2) is 3.85. The Balaban J connectivity index is 2.19. The summed E-state index contributed by atoms with van der Waals surface area (Å²) < 4.78 is 0. The molecule has 0 aromatic heterocycles. The van der Waals surface area contributed by atoms with Gasteiger partial charge in [0.1, 0.15) is 5.78 Å². The molecule has 2 aliphatic rings. The minimum atomic E-state index is 0.357. The maximum atomic E-state index is 11.6. The summed E-state index contributed by atoms with van der Waals surface area (Å²) in [6, 6.07) is 0. The molecule has 0 radical (unpaired) electrons. The van der Waals surface area contributed by atoms with Gasteiger partial charge in [0.25, 0.3) is 0 Å². The maximum Gasteiger partial charge on any atom is 0.132 e. The SMILES string of the molecule is CC(=O)C1CCC2C(C)(C)CCC[C@@]2(C)C1. The standard InChI is InChI=1S/C15H26O/c1-11(16)12-6-7-13-14(2,3)8-5-9-15(13,4)10-12/h12-13H,5-10H2,1-4H3/t12?,13?,15-/m0/s1. The van der Waals surface area contributed by atoms with E-state index < -0.39 is 0 Å². The zero-order valence-corrected chi connectivity index (χ0v) is 11.3. The number of rotatable bonds is 1. The zero-order chi connectivity index (χ0) is 12.0. The van der Waals surface area contributed by atoms with E-state index in [-0.39, 0.29) is 0 Å². The van der Waals surface area contributed by atoms with Crippen LogP contribution in [-0.4, -0.2) is 5.78 Å². The molecule has 2 unspecified atom stereocenters. The monoisotopic (exact) mass is 222 g/mol. The molecule has 1 heteroatoms. The summed E-state index contributed by atoms with van der Waals surface area (Å²) in [6.07, 6.45) is 7.62. The highest BCUT2D eigenvalue weighted by molar-refractivity contribution is 5.78. The Morgan fingerprint density at radius 1 is 1.12 bits per heavy atom. The summed E-state index contributed by atoms with van der Waals surface area (Å²) in [6.45, 7) is 9.09.